The van der Waals surface area contributed by atoms with Gasteiger partial charge in [-0.1, -0.05) is 0 Å². The molecule has 3 rings (SSSR count). The lowest BCUT2D eigenvalue weighted by Crippen LogP contribution is -2.26. The van der Waals surface area contributed by atoms with Gasteiger partial charge in [-0.25, -0.2) is 17.6 Å². The van der Waals surface area contributed by atoms with Crippen LogP contribution in [0.15, 0.2) is 56.6 Å². The van der Waals surface area contributed by atoms with Gasteiger partial charge in [0.05, 0.1) is 16.1 Å². The molecule has 0 saturated carbocycles. The third kappa shape index (κ3) is 2.37. The van der Waals surface area contributed by atoms with Crippen molar-refractivity contribution in [2.45, 2.75) is 4.90 Å². The predicted octanol–water partition coefficient (Wildman–Crippen LogP) is 2.09. The Labute approximate surface area is 124 Å². The van der Waals surface area contributed by atoms with Crippen LogP contribution in [0.1, 0.15) is 0 Å². The topological polar surface area (TPSA) is 83.4 Å². The highest BCUT2D eigenvalue weighted by molar-refractivity contribution is 7.92. The minimum Gasteiger partial charge on any atom is -0.408 e. The first-order valence-corrected chi connectivity index (χ1v) is 7.69. The van der Waals surface area contributed by atoms with E-state index >= 15 is 0 Å². The monoisotopic (exact) mass is 322 g/mol. The number of oxazole rings is 1. The van der Waals surface area contributed by atoms with Crippen molar-refractivity contribution >= 4 is 26.8 Å². The Morgan fingerprint density at radius 3 is 2.50 bits per heavy atom. The van der Waals surface area contributed by atoms with Crippen molar-refractivity contribution in [2.75, 3.05) is 11.4 Å². The lowest BCUT2D eigenvalue weighted by atomic mass is 10.3. The van der Waals surface area contributed by atoms with Gasteiger partial charge in [-0.3, -0.25) is 9.29 Å². The Bertz CT molecular complexity index is 990. The molecule has 0 bridgehead atoms. The highest BCUT2D eigenvalue weighted by Crippen LogP contribution is 2.24. The van der Waals surface area contributed by atoms with Gasteiger partial charge in [-0.05, 0) is 36.4 Å². The molecule has 0 unspecified atom stereocenters. The number of hydrogen-bond acceptors (Lipinski definition) is 4. The van der Waals surface area contributed by atoms with Crippen LogP contribution in [0.4, 0.5) is 10.1 Å². The molecule has 3 aromatic rings. The van der Waals surface area contributed by atoms with Crippen LogP contribution in [0.3, 0.4) is 0 Å². The second kappa shape index (κ2) is 4.99. The zero-order valence-corrected chi connectivity index (χ0v) is 12.2. The van der Waals surface area contributed by atoms with Crippen LogP contribution in [-0.2, 0) is 10.0 Å². The maximum absolute atomic E-state index is 12.9. The summed E-state index contributed by atoms with van der Waals surface area (Å²) in [7, 11) is -2.49. The van der Waals surface area contributed by atoms with Crippen LogP contribution in [0.5, 0.6) is 0 Å². The average molecular weight is 322 g/mol. The zero-order chi connectivity index (χ0) is 15.9. The van der Waals surface area contributed by atoms with E-state index in [1.165, 1.54) is 49.5 Å². The Hall–Kier alpha value is -2.61. The van der Waals surface area contributed by atoms with Crippen LogP contribution >= 0.6 is 0 Å². The number of sulfonamides is 1. The lowest BCUT2D eigenvalue weighted by Gasteiger charge is -2.19. The van der Waals surface area contributed by atoms with Crippen LogP contribution in [0.25, 0.3) is 11.1 Å². The fourth-order valence-electron chi connectivity index (χ4n) is 2.03. The predicted molar refractivity (Wildman–Crippen MR) is 78.8 cm³/mol. The van der Waals surface area contributed by atoms with Crippen molar-refractivity contribution in [1.82, 2.24) is 4.98 Å². The molecular weight excluding hydrogens is 311 g/mol. The largest absolute Gasteiger partial charge is 0.417 e. The molecule has 8 heteroatoms. The second-order valence-corrected chi connectivity index (χ2v) is 6.59. The standard InChI is InChI=1S/C14H11FN2O4S/c1-17(10-4-2-9(15)3-5-10)22(19,20)11-6-7-12-13(8-11)21-14(18)16-12/h2-8H,1H3,(H,16,18). The fourth-order valence-corrected chi connectivity index (χ4v) is 3.25. The Morgan fingerprint density at radius 1 is 1.14 bits per heavy atom. The van der Waals surface area contributed by atoms with Crippen molar-refractivity contribution in [3.63, 3.8) is 0 Å². The number of nitrogens with one attached hydrogen (secondary N) is 1. The summed E-state index contributed by atoms with van der Waals surface area (Å²) in [6.07, 6.45) is 0. The molecule has 0 amide bonds. The Morgan fingerprint density at radius 2 is 1.82 bits per heavy atom. The minimum absolute atomic E-state index is 0.0328. The molecule has 0 aliphatic carbocycles. The lowest BCUT2D eigenvalue weighted by molar-refractivity contribution is 0.554. The van der Waals surface area contributed by atoms with Gasteiger partial charge >= 0.3 is 5.76 Å². The zero-order valence-electron chi connectivity index (χ0n) is 11.4. The van der Waals surface area contributed by atoms with Crippen molar-refractivity contribution < 1.29 is 17.2 Å². The molecular formula is C14H11FN2O4S. The van der Waals surface area contributed by atoms with E-state index in [2.05, 4.69) is 4.98 Å². The van der Waals surface area contributed by atoms with Gasteiger partial charge in [0, 0.05) is 13.1 Å². The Kier molecular flexibility index (Phi) is 3.25. The van der Waals surface area contributed by atoms with Crippen LogP contribution in [0.2, 0.25) is 0 Å². The number of aromatic nitrogens is 1. The fraction of sp³-hybridized carbons (Fsp3) is 0.0714. The van der Waals surface area contributed by atoms with E-state index in [0.717, 1.165) is 4.31 Å². The first-order valence-electron chi connectivity index (χ1n) is 6.25. The molecule has 0 aliphatic heterocycles. The van der Waals surface area contributed by atoms with Crippen LogP contribution < -0.4 is 10.1 Å². The van der Waals surface area contributed by atoms with Crippen molar-refractivity contribution in [3.8, 4) is 0 Å². The van der Waals surface area contributed by atoms with E-state index in [-0.39, 0.29) is 10.5 Å². The number of fused-ring (bicyclic) bond motifs is 1. The summed E-state index contributed by atoms with van der Waals surface area (Å²) in [6.45, 7) is 0. The van der Waals surface area contributed by atoms with Gasteiger partial charge in [0.1, 0.15) is 5.82 Å². The smallest absolute Gasteiger partial charge is 0.408 e. The van der Waals surface area contributed by atoms with E-state index in [0.29, 0.717) is 11.2 Å². The molecule has 0 atom stereocenters. The summed E-state index contributed by atoms with van der Waals surface area (Å²) in [6, 6.07) is 9.16. The van der Waals surface area contributed by atoms with Gasteiger partial charge in [0.25, 0.3) is 10.0 Å². The van der Waals surface area contributed by atoms with Crippen LogP contribution in [0, 0.1) is 5.82 Å². The van der Waals surface area contributed by atoms with E-state index in [1.807, 2.05) is 0 Å². The van der Waals surface area contributed by atoms with Gasteiger partial charge < -0.3 is 4.42 Å². The number of aromatic amines is 1. The van der Waals surface area contributed by atoms with E-state index in [1.54, 1.807) is 0 Å². The molecule has 114 valence electrons. The average Bonchev–Trinajstić information content (AvgIpc) is 2.86. The maximum atomic E-state index is 12.9. The summed E-state index contributed by atoms with van der Waals surface area (Å²) >= 11 is 0. The normalized spacial score (nSPS) is 11.7. The summed E-state index contributed by atoms with van der Waals surface area (Å²) in [5.74, 6) is -1.11. The Balaban J connectivity index is 2.06. The minimum atomic E-state index is -3.85. The molecule has 0 saturated heterocycles. The summed E-state index contributed by atoms with van der Waals surface area (Å²) in [5, 5.41) is 0. The first kappa shape index (κ1) is 14.3. The first-order chi connectivity index (χ1) is 10.4. The van der Waals surface area contributed by atoms with E-state index in [9.17, 15) is 17.6 Å². The van der Waals surface area contributed by atoms with Crippen molar-refractivity contribution in [2.24, 2.45) is 0 Å². The molecule has 0 aliphatic rings. The molecule has 0 fully saturated rings. The summed E-state index contributed by atoms with van der Waals surface area (Å²) in [4.78, 5) is 13.5. The third-order valence-corrected chi connectivity index (χ3v) is 5.02. The highest BCUT2D eigenvalue weighted by atomic mass is 32.2. The number of halogens is 1. The SMILES string of the molecule is CN(c1ccc(F)cc1)S(=O)(=O)c1ccc2[nH]c(=O)oc2c1. The molecule has 1 heterocycles. The number of anilines is 1. The quantitative estimate of drug-likeness (QED) is 0.800. The van der Waals surface area contributed by atoms with E-state index < -0.39 is 21.6 Å². The summed E-state index contributed by atoms with van der Waals surface area (Å²) in [5.41, 5.74) is 0.879. The van der Waals surface area contributed by atoms with E-state index in [4.69, 9.17) is 4.42 Å². The molecule has 0 radical (unpaired) electrons. The van der Waals surface area contributed by atoms with Crippen molar-refractivity contribution in [1.29, 1.82) is 0 Å². The molecule has 1 aromatic heterocycles. The number of nitrogens with zero attached hydrogens (tertiary/aromatic N) is 1. The van der Waals surface area contributed by atoms with Crippen molar-refractivity contribution in [3.05, 3.63) is 58.8 Å². The molecule has 6 nitrogen and oxygen atoms in total. The van der Waals surface area contributed by atoms with Gasteiger partial charge in [0.2, 0.25) is 0 Å². The number of hydrogen-bond donors (Lipinski definition) is 1. The van der Waals surface area contributed by atoms with Crippen LogP contribution in [-0.4, -0.2) is 20.4 Å². The summed E-state index contributed by atoms with van der Waals surface area (Å²) < 4.78 is 44.0. The van der Waals surface area contributed by atoms with Gasteiger partial charge in [0.15, 0.2) is 5.58 Å². The molecule has 0 spiro atoms. The maximum Gasteiger partial charge on any atom is 0.417 e. The van der Waals surface area contributed by atoms with Gasteiger partial charge in [-0.15, -0.1) is 0 Å². The number of H-pyrrole nitrogens is 1. The third-order valence-electron chi connectivity index (χ3n) is 3.24. The molecule has 22 heavy (non-hydrogen) atoms. The second-order valence-electron chi connectivity index (χ2n) is 4.62. The van der Waals surface area contributed by atoms with Gasteiger partial charge in [-0.2, -0.15) is 0 Å². The number of rotatable bonds is 3. The number of benzene rings is 2. The highest BCUT2D eigenvalue weighted by Gasteiger charge is 2.22. The molecule has 1 N–H and O–H groups in total. The molecule has 2 aromatic carbocycles.